The minimum atomic E-state index is 0. The molecule has 4 aromatic rings. The quantitative estimate of drug-likeness (QED) is 0.199. The van der Waals surface area contributed by atoms with E-state index in [1.54, 1.807) is 11.3 Å². The molecule has 0 bridgehead atoms. The maximum atomic E-state index is 14.0. The Hall–Kier alpha value is -3.23. The van der Waals surface area contributed by atoms with E-state index in [9.17, 15) is 4.79 Å². The van der Waals surface area contributed by atoms with E-state index in [1.807, 2.05) is 36.4 Å². The summed E-state index contributed by atoms with van der Waals surface area (Å²) in [4.78, 5) is 19.9. The fraction of sp³-hybridized carbons (Fsp3) is 0.382. The third-order valence-electron chi connectivity index (χ3n) is 8.06. The van der Waals surface area contributed by atoms with E-state index in [-0.39, 0.29) is 11.3 Å². The monoisotopic (exact) mass is 572 g/mol. The summed E-state index contributed by atoms with van der Waals surface area (Å²) in [5.74, 6) is 1.72. The molecule has 2 saturated heterocycles. The number of hydrogen-bond acceptors (Lipinski definition) is 6. The number of ketones is 1. The molecule has 1 aromatic heterocycles. The van der Waals surface area contributed by atoms with Gasteiger partial charge in [-0.25, -0.2) is 0 Å². The molecule has 216 valence electrons. The number of carbonyl (C=O) groups excluding carboxylic acids is 1. The van der Waals surface area contributed by atoms with E-state index in [0.29, 0.717) is 18.8 Å². The fourth-order valence-corrected chi connectivity index (χ4v) is 7.08. The zero-order valence-electron chi connectivity index (χ0n) is 23.9. The number of nitrogens with zero attached hydrogens (tertiary/aromatic N) is 2. The molecule has 6 nitrogen and oxygen atoms in total. The number of carbonyl (C=O) groups is 1. The Morgan fingerprint density at radius 2 is 1.29 bits per heavy atom. The molecular weight excluding hydrogens is 532 g/mol. The Morgan fingerprint density at radius 1 is 0.756 bits per heavy atom. The highest BCUT2D eigenvalue weighted by Crippen LogP contribution is 2.41. The minimum absolute atomic E-state index is 0. The van der Waals surface area contributed by atoms with Gasteiger partial charge in [-0.05, 0) is 125 Å². The molecule has 2 aliphatic heterocycles. The molecule has 0 atom stereocenters. The zero-order chi connectivity index (χ0) is 27.3. The second-order valence-corrected chi connectivity index (χ2v) is 12.0. The average Bonchev–Trinajstić information content (AvgIpc) is 3.75. The van der Waals surface area contributed by atoms with Gasteiger partial charge in [0.05, 0.1) is 0 Å². The van der Waals surface area contributed by atoms with Crippen LogP contribution >= 0.6 is 11.3 Å². The lowest BCUT2D eigenvalue weighted by atomic mass is 9.97. The standard InChI is InChI=1S/C34H38N2O3S.H2O/c1-25-6-15-30-31(24-25)40-34(27-9-13-29(14-10-27)39-23-21-36-18-4-5-19-36)32(30)33(37)26-7-11-28(12-8-26)38-22-20-35-16-2-3-17-35;/h6-15,24H,2-5,16-23H2,1H3;1H2. The molecule has 0 spiro atoms. The summed E-state index contributed by atoms with van der Waals surface area (Å²) < 4.78 is 13.1. The topological polar surface area (TPSA) is 73.5 Å². The van der Waals surface area contributed by atoms with Crippen molar-refractivity contribution in [3.05, 3.63) is 83.4 Å². The molecule has 0 aliphatic carbocycles. The van der Waals surface area contributed by atoms with Gasteiger partial charge in [-0.3, -0.25) is 14.6 Å². The van der Waals surface area contributed by atoms with Crippen LogP contribution < -0.4 is 9.47 Å². The first-order valence-corrected chi connectivity index (χ1v) is 15.4. The van der Waals surface area contributed by atoms with E-state index < -0.39 is 0 Å². The van der Waals surface area contributed by atoms with E-state index >= 15 is 0 Å². The van der Waals surface area contributed by atoms with Gasteiger partial charge in [0.2, 0.25) is 0 Å². The molecule has 2 fully saturated rings. The van der Waals surface area contributed by atoms with Gasteiger partial charge < -0.3 is 14.9 Å². The number of hydrogen-bond donors (Lipinski definition) is 0. The van der Waals surface area contributed by atoms with E-state index in [4.69, 9.17) is 9.47 Å². The minimum Gasteiger partial charge on any atom is -0.492 e. The lowest BCUT2D eigenvalue weighted by Gasteiger charge is -2.15. The fourth-order valence-electron chi connectivity index (χ4n) is 5.78. The number of likely N-dealkylation sites (tertiary alicyclic amines) is 2. The van der Waals surface area contributed by atoms with Crippen molar-refractivity contribution in [2.24, 2.45) is 0 Å². The summed E-state index contributed by atoms with van der Waals surface area (Å²) in [5.41, 5.74) is 3.67. The summed E-state index contributed by atoms with van der Waals surface area (Å²) in [6, 6.07) is 22.2. The van der Waals surface area contributed by atoms with Gasteiger partial charge in [0.25, 0.3) is 0 Å². The van der Waals surface area contributed by atoms with Gasteiger partial charge in [-0.15, -0.1) is 11.3 Å². The van der Waals surface area contributed by atoms with E-state index in [2.05, 4.69) is 47.1 Å². The third-order valence-corrected chi connectivity index (χ3v) is 9.26. The predicted molar refractivity (Wildman–Crippen MR) is 168 cm³/mol. The van der Waals surface area contributed by atoms with Crippen molar-refractivity contribution in [3.8, 4) is 21.9 Å². The van der Waals surface area contributed by atoms with Crippen LogP contribution in [0.2, 0.25) is 0 Å². The van der Waals surface area contributed by atoms with Crippen LogP contribution in [0.25, 0.3) is 20.5 Å². The maximum absolute atomic E-state index is 14.0. The van der Waals surface area contributed by atoms with Gasteiger partial charge in [0, 0.05) is 39.2 Å². The highest BCUT2D eigenvalue weighted by Gasteiger charge is 2.22. The van der Waals surface area contributed by atoms with Gasteiger partial charge in [0.15, 0.2) is 5.78 Å². The molecule has 0 radical (unpaired) electrons. The average molecular weight is 573 g/mol. The number of fused-ring (bicyclic) bond motifs is 1. The number of rotatable bonds is 11. The van der Waals surface area contributed by atoms with Crippen molar-refractivity contribution < 1.29 is 19.7 Å². The van der Waals surface area contributed by atoms with Crippen molar-refractivity contribution in [1.29, 1.82) is 0 Å². The van der Waals surface area contributed by atoms with Gasteiger partial charge in [-0.2, -0.15) is 0 Å². The van der Waals surface area contributed by atoms with Crippen LogP contribution in [-0.4, -0.2) is 73.5 Å². The Bertz CT molecular complexity index is 1440. The first kappa shape index (κ1) is 29.3. The van der Waals surface area contributed by atoms with Crippen LogP contribution in [0.1, 0.15) is 47.2 Å². The van der Waals surface area contributed by atoms with Crippen molar-refractivity contribution in [1.82, 2.24) is 9.80 Å². The lowest BCUT2D eigenvalue weighted by molar-refractivity contribution is 0.104. The van der Waals surface area contributed by atoms with Crippen LogP contribution in [0, 0.1) is 6.92 Å². The van der Waals surface area contributed by atoms with Crippen molar-refractivity contribution in [2.45, 2.75) is 32.6 Å². The summed E-state index contributed by atoms with van der Waals surface area (Å²) in [7, 11) is 0. The van der Waals surface area contributed by atoms with Crippen LogP contribution in [0.4, 0.5) is 0 Å². The van der Waals surface area contributed by atoms with Crippen LogP contribution in [0.3, 0.4) is 0 Å². The molecule has 2 aliphatic rings. The highest BCUT2D eigenvalue weighted by molar-refractivity contribution is 7.22. The molecule has 3 aromatic carbocycles. The second kappa shape index (κ2) is 13.6. The largest absolute Gasteiger partial charge is 0.492 e. The van der Waals surface area contributed by atoms with Crippen molar-refractivity contribution in [2.75, 3.05) is 52.5 Å². The molecule has 3 heterocycles. The maximum Gasteiger partial charge on any atom is 0.195 e. The summed E-state index contributed by atoms with van der Waals surface area (Å²) in [5, 5.41) is 1.01. The summed E-state index contributed by atoms with van der Waals surface area (Å²) in [6.07, 6.45) is 5.15. The molecule has 0 saturated carbocycles. The Labute approximate surface area is 246 Å². The van der Waals surface area contributed by atoms with Crippen LogP contribution in [0.15, 0.2) is 66.7 Å². The van der Waals surface area contributed by atoms with Gasteiger partial charge >= 0.3 is 0 Å². The molecular formula is C34H40N2O4S. The van der Waals surface area contributed by atoms with Gasteiger partial charge in [-0.1, -0.05) is 12.1 Å². The lowest BCUT2D eigenvalue weighted by Crippen LogP contribution is -2.25. The number of benzene rings is 3. The Morgan fingerprint density at radius 3 is 1.85 bits per heavy atom. The Kier molecular flexibility index (Phi) is 9.72. The van der Waals surface area contributed by atoms with Crippen LogP contribution in [0.5, 0.6) is 11.5 Å². The van der Waals surface area contributed by atoms with Gasteiger partial charge in [0.1, 0.15) is 24.7 Å². The van der Waals surface area contributed by atoms with Crippen molar-refractivity contribution >= 4 is 27.2 Å². The molecule has 6 rings (SSSR count). The molecule has 0 amide bonds. The molecule has 7 heteroatoms. The molecule has 0 unspecified atom stereocenters. The first-order valence-electron chi connectivity index (χ1n) is 14.6. The second-order valence-electron chi connectivity index (χ2n) is 11.0. The summed E-state index contributed by atoms with van der Waals surface area (Å²) >= 11 is 1.68. The third kappa shape index (κ3) is 6.99. The summed E-state index contributed by atoms with van der Waals surface area (Å²) in [6.45, 7) is 10.1. The Balaban J connectivity index is 0.00000337. The van der Waals surface area contributed by atoms with E-state index in [1.165, 1.54) is 57.4 Å². The number of aryl methyl sites for hydroxylation is 1. The SMILES string of the molecule is Cc1ccc2c(C(=O)c3ccc(OCCN4CCCC4)cc3)c(-c3ccc(OCCN4CCCC4)cc3)sc2c1.O. The predicted octanol–water partition coefficient (Wildman–Crippen LogP) is 6.23. The number of thiophene rings is 1. The van der Waals surface area contributed by atoms with E-state index in [0.717, 1.165) is 50.7 Å². The first-order chi connectivity index (χ1) is 19.6. The normalized spacial score (nSPS) is 15.7. The molecule has 2 N–H and O–H groups in total. The molecule has 41 heavy (non-hydrogen) atoms. The zero-order valence-corrected chi connectivity index (χ0v) is 24.7. The number of ether oxygens (including phenoxy) is 2. The van der Waals surface area contributed by atoms with Crippen molar-refractivity contribution in [3.63, 3.8) is 0 Å². The van der Waals surface area contributed by atoms with Crippen LogP contribution in [-0.2, 0) is 0 Å². The highest BCUT2D eigenvalue weighted by atomic mass is 32.1. The smallest absolute Gasteiger partial charge is 0.195 e.